The summed E-state index contributed by atoms with van der Waals surface area (Å²) in [4.78, 5) is 55.7. The molecule has 3 aliphatic rings. The second kappa shape index (κ2) is 20.0. The van der Waals surface area contributed by atoms with E-state index in [-0.39, 0.29) is 48.1 Å². The van der Waals surface area contributed by atoms with E-state index in [1.54, 1.807) is 38.5 Å². The van der Waals surface area contributed by atoms with Crippen LogP contribution in [0.4, 0.5) is 0 Å². The molecule has 3 aromatic carbocycles. The molecule has 1 aliphatic carbocycles. The SMILES string of the molecule is Cc1ncsc1-c1ccc(CNC(=O)[C@@H]2C[C@@H](C)CN2C(=O)[C@H](C(C)C)n2cc(-c3cccc(OC4CC(NC(=O)C[C@@H]5N=C(c6ccc(Cl)cc6)c6c(sc(C)c6C)-n6c(C)nnc65)C4)c3)cn2)cc1. The number of benzene rings is 3. The molecule has 4 atom stereocenters. The predicted molar refractivity (Wildman–Crippen MR) is 278 cm³/mol. The molecule has 0 bridgehead atoms. The van der Waals surface area contributed by atoms with Crippen LogP contribution in [-0.2, 0) is 20.9 Å². The Morgan fingerprint density at radius 2 is 1.68 bits per heavy atom. The largest absolute Gasteiger partial charge is 0.490 e. The second-order valence-corrected chi connectivity index (χ2v) is 22.0. The maximum atomic E-state index is 14.5. The third-order valence-electron chi connectivity index (χ3n) is 14.0. The molecule has 2 N–H and O–H groups in total. The number of thiophene rings is 1. The Bertz CT molecular complexity index is 3150. The van der Waals surface area contributed by atoms with Crippen molar-refractivity contribution in [2.24, 2.45) is 16.8 Å². The summed E-state index contributed by atoms with van der Waals surface area (Å²) in [6.45, 7) is 15.1. The van der Waals surface area contributed by atoms with Crippen LogP contribution in [0.1, 0.15) is 103 Å². The maximum Gasteiger partial charge on any atom is 0.248 e. The fourth-order valence-corrected chi connectivity index (χ4v) is 12.2. The number of likely N-dealkylation sites (tertiary alicyclic amines) is 1. The molecule has 2 aliphatic heterocycles. The fraction of sp³-hybridized carbons (Fsp3) is 0.370. The van der Waals surface area contributed by atoms with Gasteiger partial charge < -0.3 is 20.3 Å². The monoisotopic (exact) mass is 1010 g/mol. The standard InChI is InChI=1S/C54H57ClN10O4S2/c1-29(2)49(53(68)63-26-30(3)19-45(63)52(67)56-24-35-11-13-37(14-12-35)50-32(5)57-28-70-50)64-27-39(25-58-64)38-9-8-10-42(20-38)69-43-21-41(22-43)59-46(66)23-44-51-62-61-34(7)65(51)54-47(31(4)33(6)71-54)48(60-44)36-15-17-40(55)18-16-36/h8-18,20,25,27-30,41,43-45,49H,19,21-24,26H2,1-7H3,(H,56,67)(H,59,66)/t30-,41?,43?,44+,45+,49+/m1/s1. The van der Waals surface area contributed by atoms with Gasteiger partial charge in [-0.25, -0.2) is 4.98 Å². The van der Waals surface area contributed by atoms with Crippen molar-refractivity contribution in [3.05, 3.63) is 140 Å². The van der Waals surface area contributed by atoms with Crippen molar-refractivity contribution in [2.75, 3.05) is 6.54 Å². The Hall–Kier alpha value is -6.49. The summed E-state index contributed by atoms with van der Waals surface area (Å²) >= 11 is 9.58. The molecule has 14 nitrogen and oxygen atoms in total. The highest BCUT2D eigenvalue weighted by atomic mass is 35.5. The first kappa shape index (κ1) is 48.2. The lowest BCUT2D eigenvalue weighted by Crippen LogP contribution is -2.49. The topological polar surface area (TPSA) is 162 Å². The van der Waals surface area contributed by atoms with Crippen LogP contribution >= 0.6 is 34.3 Å². The number of nitrogens with zero attached hydrogens (tertiary/aromatic N) is 8. The summed E-state index contributed by atoms with van der Waals surface area (Å²) in [6.07, 6.45) is 5.64. The van der Waals surface area contributed by atoms with Crippen molar-refractivity contribution in [3.8, 4) is 32.3 Å². The van der Waals surface area contributed by atoms with E-state index in [4.69, 9.17) is 26.4 Å². The van der Waals surface area contributed by atoms with Crippen molar-refractivity contribution in [1.82, 2.24) is 45.1 Å². The van der Waals surface area contributed by atoms with Crippen LogP contribution in [-0.4, -0.2) is 82.6 Å². The second-order valence-electron chi connectivity index (χ2n) is 19.5. The first-order valence-corrected chi connectivity index (χ1v) is 26.3. The Balaban J connectivity index is 0.757. The molecule has 7 aromatic rings. The summed E-state index contributed by atoms with van der Waals surface area (Å²) in [5.41, 5.74) is 10.6. The molecule has 366 valence electrons. The molecule has 10 rings (SSSR count). The van der Waals surface area contributed by atoms with E-state index in [2.05, 4.69) is 63.3 Å². The number of carbonyl (C=O) groups excluding carboxylic acids is 3. The van der Waals surface area contributed by atoms with Gasteiger partial charge >= 0.3 is 0 Å². The van der Waals surface area contributed by atoms with Crippen LogP contribution in [0.15, 0.2) is 95.7 Å². The van der Waals surface area contributed by atoms with E-state index in [0.717, 1.165) is 66.1 Å². The van der Waals surface area contributed by atoms with Gasteiger partial charge in [-0.2, -0.15) is 5.10 Å². The van der Waals surface area contributed by atoms with Gasteiger partial charge in [-0.3, -0.25) is 28.6 Å². The number of carbonyl (C=O) groups is 3. The van der Waals surface area contributed by atoms with Crippen LogP contribution in [0.2, 0.25) is 5.02 Å². The van der Waals surface area contributed by atoms with Gasteiger partial charge in [0.2, 0.25) is 17.7 Å². The number of amides is 3. The molecule has 17 heteroatoms. The van der Waals surface area contributed by atoms with E-state index in [0.29, 0.717) is 48.9 Å². The highest BCUT2D eigenvalue weighted by Crippen LogP contribution is 2.40. The quantitative estimate of drug-likeness (QED) is 0.109. The van der Waals surface area contributed by atoms with Gasteiger partial charge in [0.25, 0.3) is 0 Å². The maximum absolute atomic E-state index is 14.5. The van der Waals surface area contributed by atoms with E-state index < -0.39 is 18.1 Å². The van der Waals surface area contributed by atoms with Crippen molar-refractivity contribution in [2.45, 2.75) is 111 Å². The highest BCUT2D eigenvalue weighted by Gasteiger charge is 2.42. The number of aliphatic imine (C=N–C) groups is 1. The molecule has 71 heavy (non-hydrogen) atoms. The number of thiazole rings is 1. The normalized spacial score (nSPS) is 19.9. The summed E-state index contributed by atoms with van der Waals surface area (Å²) in [5.74, 6) is 1.81. The molecule has 0 unspecified atom stereocenters. The third-order valence-corrected chi connectivity index (χ3v) is 16.4. The minimum atomic E-state index is -0.599. The summed E-state index contributed by atoms with van der Waals surface area (Å²) in [7, 11) is 0. The van der Waals surface area contributed by atoms with Gasteiger partial charge in [0.05, 0.1) is 34.4 Å². The number of nitrogens with one attached hydrogen (secondary N) is 2. The van der Waals surface area contributed by atoms with Gasteiger partial charge in [0.15, 0.2) is 5.82 Å². The molecular formula is C54H57ClN10O4S2. The van der Waals surface area contributed by atoms with Gasteiger partial charge in [0, 0.05) is 64.8 Å². The van der Waals surface area contributed by atoms with E-state index in [9.17, 15) is 14.4 Å². The number of hydrogen-bond acceptors (Lipinski definition) is 11. The van der Waals surface area contributed by atoms with Gasteiger partial charge in [-0.1, -0.05) is 80.9 Å². The lowest BCUT2D eigenvalue weighted by molar-refractivity contribution is -0.142. The first-order chi connectivity index (χ1) is 34.2. The van der Waals surface area contributed by atoms with E-state index in [1.807, 2.05) is 100 Å². The fourth-order valence-electron chi connectivity index (χ4n) is 10.0. The lowest BCUT2D eigenvalue weighted by atomic mass is 9.89. The van der Waals surface area contributed by atoms with E-state index >= 15 is 0 Å². The molecule has 1 saturated carbocycles. The average Bonchev–Trinajstić information content (AvgIpc) is 4.19. The highest BCUT2D eigenvalue weighted by molar-refractivity contribution is 7.15. The van der Waals surface area contributed by atoms with Crippen molar-refractivity contribution >= 4 is 57.7 Å². The number of aromatic nitrogens is 6. The van der Waals surface area contributed by atoms with Crippen LogP contribution < -0.4 is 15.4 Å². The summed E-state index contributed by atoms with van der Waals surface area (Å²) in [6, 6.07) is 21.9. The van der Waals surface area contributed by atoms with Crippen molar-refractivity contribution in [3.63, 3.8) is 0 Å². The average molecular weight is 1010 g/mol. The minimum Gasteiger partial charge on any atom is -0.490 e. The molecular weight excluding hydrogens is 952 g/mol. The number of rotatable bonds is 14. The van der Waals surface area contributed by atoms with Gasteiger partial charge in [-0.15, -0.1) is 32.9 Å². The van der Waals surface area contributed by atoms with Crippen molar-refractivity contribution < 1.29 is 19.1 Å². The Morgan fingerprint density at radius 1 is 0.915 bits per heavy atom. The lowest BCUT2D eigenvalue weighted by Gasteiger charge is -2.36. The van der Waals surface area contributed by atoms with Gasteiger partial charge in [-0.05, 0) is 92.5 Å². The van der Waals surface area contributed by atoms with Crippen LogP contribution in [0.25, 0.3) is 26.6 Å². The molecule has 6 heterocycles. The zero-order valence-electron chi connectivity index (χ0n) is 40.8. The first-order valence-electron chi connectivity index (χ1n) is 24.2. The summed E-state index contributed by atoms with van der Waals surface area (Å²) in [5, 5.41) is 21.7. The van der Waals surface area contributed by atoms with E-state index in [1.165, 1.54) is 4.88 Å². The predicted octanol–water partition coefficient (Wildman–Crippen LogP) is 9.96. The molecule has 2 fully saturated rings. The summed E-state index contributed by atoms with van der Waals surface area (Å²) < 4.78 is 10.2. The third kappa shape index (κ3) is 9.81. The number of fused-ring (bicyclic) bond motifs is 3. The number of aryl methyl sites for hydroxylation is 3. The molecule has 3 amide bonds. The Labute approximate surface area is 426 Å². The molecule has 0 radical (unpaired) electrons. The van der Waals surface area contributed by atoms with Crippen LogP contribution in [0, 0.1) is 39.5 Å². The Kier molecular flexibility index (Phi) is 13.5. The van der Waals surface area contributed by atoms with Crippen molar-refractivity contribution in [1.29, 1.82) is 0 Å². The smallest absolute Gasteiger partial charge is 0.248 e. The minimum absolute atomic E-state index is 0.0445. The molecule has 1 saturated heterocycles. The number of halogens is 1. The Morgan fingerprint density at radius 3 is 2.41 bits per heavy atom. The number of hydrogen-bond donors (Lipinski definition) is 2. The van der Waals surface area contributed by atoms with Crippen LogP contribution in [0.5, 0.6) is 5.75 Å². The zero-order valence-corrected chi connectivity index (χ0v) is 43.2. The molecule has 0 spiro atoms. The number of ether oxygens (including phenoxy) is 1. The molecule has 4 aromatic heterocycles. The zero-order chi connectivity index (χ0) is 49.7. The van der Waals surface area contributed by atoms with Gasteiger partial charge in [0.1, 0.15) is 40.8 Å². The van der Waals surface area contributed by atoms with Crippen LogP contribution in [0.3, 0.4) is 0 Å².